The minimum absolute atomic E-state index is 0.236. The van der Waals surface area contributed by atoms with E-state index in [1.54, 1.807) is 18.0 Å². The van der Waals surface area contributed by atoms with Gasteiger partial charge < -0.3 is 9.32 Å². The van der Waals surface area contributed by atoms with Gasteiger partial charge in [-0.05, 0) is 49.9 Å². The number of alkyl halides is 2. The molecule has 0 N–H and O–H groups in total. The monoisotopic (exact) mass is 448 g/mol. The minimum Gasteiger partial charge on any atom is -0.443 e. The molecule has 1 unspecified atom stereocenters. The Balaban J connectivity index is 1.50. The van der Waals surface area contributed by atoms with Crippen molar-refractivity contribution >= 4 is 17.5 Å². The Morgan fingerprint density at radius 1 is 1.32 bits per heavy atom. The van der Waals surface area contributed by atoms with Crippen LogP contribution in [-0.4, -0.2) is 32.1 Å². The summed E-state index contributed by atoms with van der Waals surface area (Å²) in [4.78, 5) is 19.1. The zero-order chi connectivity index (χ0) is 22.0. The number of rotatable bonds is 6. The van der Waals surface area contributed by atoms with Gasteiger partial charge in [0, 0.05) is 18.0 Å². The van der Waals surface area contributed by atoms with Gasteiger partial charge in [-0.15, -0.1) is 0 Å². The third-order valence-corrected chi connectivity index (χ3v) is 5.62. The molecule has 0 saturated carbocycles. The van der Waals surface area contributed by atoms with Crippen molar-refractivity contribution in [1.29, 1.82) is 0 Å². The van der Waals surface area contributed by atoms with Gasteiger partial charge in [-0.3, -0.25) is 9.48 Å². The highest BCUT2D eigenvalue weighted by atomic mass is 35.5. The number of oxazole rings is 1. The molecule has 6 nitrogen and oxygen atoms in total. The second-order valence-corrected chi connectivity index (χ2v) is 8.18. The van der Waals surface area contributed by atoms with Crippen LogP contribution in [0.5, 0.6) is 0 Å². The highest BCUT2D eigenvalue weighted by Crippen LogP contribution is 2.31. The summed E-state index contributed by atoms with van der Waals surface area (Å²) in [5.41, 5.74) is 1.20. The molecule has 1 atom stereocenters. The molecule has 1 saturated heterocycles. The average molecular weight is 449 g/mol. The van der Waals surface area contributed by atoms with E-state index in [1.165, 1.54) is 6.07 Å². The summed E-state index contributed by atoms with van der Waals surface area (Å²) in [7, 11) is 0. The normalized spacial score (nSPS) is 16.8. The van der Waals surface area contributed by atoms with Gasteiger partial charge in [0.05, 0.1) is 11.9 Å². The average Bonchev–Trinajstić information content (AvgIpc) is 3.34. The van der Waals surface area contributed by atoms with E-state index in [2.05, 4.69) is 10.1 Å². The molecule has 1 amide bonds. The number of benzene rings is 1. The molecule has 4 rings (SSSR count). The van der Waals surface area contributed by atoms with Crippen LogP contribution >= 0.6 is 11.6 Å². The van der Waals surface area contributed by atoms with Gasteiger partial charge in [0.25, 0.3) is 6.43 Å². The Morgan fingerprint density at radius 3 is 2.94 bits per heavy atom. The van der Waals surface area contributed by atoms with Crippen LogP contribution in [0.2, 0.25) is 5.02 Å². The van der Waals surface area contributed by atoms with Crippen molar-refractivity contribution < 1.29 is 18.0 Å². The molecule has 31 heavy (non-hydrogen) atoms. The quantitative estimate of drug-likeness (QED) is 0.525. The summed E-state index contributed by atoms with van der Waals surface area (Å²) in [6, 6.07) is 8.50. The van der Waals surface area contributed by atoms with Crippen LogP contribution in [0.3, 0.4) is 0 Å². The van der Waals surface area contributed by atoms with E-state index in [1.807, 2.05) is 24.3 Å². The predicted octanol–water partition coefficient (Wildman–Crippen LogP) is 5.12. The number of carbonyl (C=O) groups is 1. The summed E-state index contributed by atoms with van der Waals surface area (Å²) in [5.74, 6) is 0.873. The lowest BCUT2D eigenvalue weighted by molar-refractivity contribution is -0.136. The molecule has 1 aromatic carbocycles. The third kappa shape index (κ3) is 4.95. The Morgan fingerprint density at radius 2 is 2.16 bits per heavy atom. The van der Waals surface area contributed by atoms with Gasteiger partial charge in [-0.25, -0.2) is 13.8 Å². The second kappa shape index (κ2) is 9.18. The zero-order valence-electron chi connectivity index (χ0n) is 17.1. The SMILES string of the molecule is Cc1cc(C(F)F)n(CC(=O)N2CCCCC2c2ncc(Cc3cccc(Cl)c3)o2)n1. The van der Waals surface area contributed by atoms with Gasteiger partial charge >= 0.3 is 0 Å². The lowest BCUT2D eigenvalue weighted by atomic mass is 10.0. The third-order valence-electron chi connectivity index (χ3n) is 5.39. The molecule has 0 radical (unpaired) electrons. The lowest BCUT2D eigenvalue weighted by Gasteiger charge is -2.34. The zero-order valence-corrected chi connectivity index (χ0v) is 17.9. The molecule has 2 aromatic heterocycles. The van der Waals surface area contributed by atoms with E-state index in [0.29, 0.717) is 41.8 Å². The fourth-order valence-corrected chi connectivity index (χ4v) is 4.19. The van der Waals surface area contributed by atoms with Crippen molar-refractivity contribution in [1.82, 2.24) is 19.7 Å². The van der Waals surface area contributed by atoms with Crippen molar-refractivity contribution in [3.63, 3.8) is 0 Å². The van der Waals surface area contributed by atoms with Crippen LogP contribution < -0.4 is 0 Å². The number of halogens is 3. The molecule has 0 bridgehead atoms. The predicted molar refractivity (Wildman–Crippen MR) is 111 cm³/mol. The van der Waals surface area contributed by atoms with E-state index < -0.39 is 6.43 Å². The highest BCUT2D eigenvalue weighted by molar-refractivity contribution is 6.30. The van der Waals surface area contributed by atoms with Crippen LogP contribution in [0.1, 0.15) is 60.3 Å². The maximum atomic E-state index is 13.3. The molecule has 3 heterocycles. The maximum Gasteiger partial charge on any atom is 0.280 e. The van der Waals surface area contributed by atoms with Gasteiger partial charge in [0.15, 0.2) is 0 Å². The van der Waals surface area contributed by atoms with Crippen molar-refractivity contribution in [2.75, 3.05) is 6.54 Å². The fraction of sp³-hybridized carbons (Fsp3) is 0.409. The lowest BCUT2D eigenvalue weighted by Crippen LogP contribution is -2.40. The Hall–Kier alpha value is -2.74. The Kier molecular flexibility index (Phi) is 6.36. The van der Waals surface area contributed by atoms with Gasteiger partial charge in [0.2, 0.25) is 11.8 Å². The summed E-state index contributed by atoms with van der Waals surface area (Å²) in [5, 5.41) is 4.71. The van der Waals surface area contributed by atoms with Crippen molar-refractivity contribution in [3.8, 4) is 0 Å². The number of hydrogen-bond donors (Lipinski definition) is 0. The van der Waals surface area contributed by atoms with Crippen molar-refractivity contribution in [3.05, 3.63) is 70.2 Å². The van der Waals surface area contributed by atoms with E-state index in [4.69, 9.17) is 16.0 Å². The molecule has 9 heteroatoms. The molecule has 0 spiro atoms. The molecule has 1 aliphatic rings. The molecule has 3 aromatic rings. The van der Waals surface area contributed by atoms with E-state index in [9.17, 15) is 13.6 Å². The first-order chi connectivity index (χ1) is 14.9. The fourth-order valence-electron chi connectivity index (χ4n) is 3.98. The smallest absolute Gasteiger partial charge is 0.280 e. The van der Waals surface area contributed by atoms with E-state index >= 15 is 0 Å². The summed E-state index contributed by atoms with van der Waals surface area (Å²) >= 11 is 6.05. The number of carbonyl (C=O) groups excluding carboxylic acids is 1. The summed E-state index contributed by atoms with van der Waals surface area (Å²) < 4.78 is 33.6. The van der Waals surface area contributed by atoms with Crippen molar-refractivity contribution in [2.24, 2.45) is 0 Å². The topological polar surface area (TPSA) is 64.2 Å². The second-order valence-electron chi connectivity index (χ2n) is 7.74. The van der Waals surface area contributed by atoms with Crippen molar-refractivity contribution in [2.45, 2.75) is 51.6 Å². The molecule has 1 fully saturated rings. The van der Waals surface area contributed by atoms with Crippen LogP contribution in [0.4, 0.5) is 8.78 Å². The molecule has 164 valence electrons. The minimum atomic E-state index is -2.69. The van der Waals surface area contributed by atoms with Gasteiger partial charge in [-0.1, -0.05) is 23.7 Å². The molecule has 0 aliphatic carbocycles. The standard InChI is InChI=1S/C22H23ClF2N4O2/c1-14-9-19(21(24)25)29(27-14)13-20(30)28-8-3-2-7-18(28)22-26-12-17(31-22)11-15-5-4-6-16(23)10-15/h4-6,9-10,12,18,21H,2-3,7-8,11,13H2,1H3. The molecular formula is C22H23ClF2N4O2. The van der Waals surface area contributed by atoms with Crippen LogP contribution in [0.25, 0.3) is 0 Å². The highest BCUT2D eigenvalue weighted by Gasteiger charge is 2.32. The number of hydrogen-bond acceptors (Lipinski definition) is 4. The first kappa shape index (κ1) is 21.5. The summed E-state index contributed by atoms with van der Waals surface area (Å²) in [6.45, 7) is 1.92. The number of piperidine rings is 1. The molecule has 1 aliphatic heterocycles. The van der Waals surface area contributed by atoms with E-state index in [0.717, 1.165) is 23.1 Å². The maximum absolute atomic E-state index is 13.3. The van der Waals surface area contributed by atoms with Crippen LogP contribution in [-0.2, 0) is 17.8 Å². The molecular weight excluding hydrogens is 426 g/mol. The van der Waals surface area contributed by atoms with Crippen LogP contribution in [0, 0.1) is 6.92 Å². The number of likely N-dealkylation sites (tertiary alicyclic amines) is 1. The van der Waals surface area contributed by atoms with Crippen LogP contribution in [0.15, 0.2) is 40.9 Å². The summed E-state index contributed by atoms with van der Waals surface area (Å²) in [6.07, 6.45) is 2.01. The van der Waals surface area contributed by atoms with E-state index in [-0.39, 0.29) is 24.2 Å². The first-order valence-corrected chi connectivity index (χ1v) is 10.6. The van der Waals surface area contributed by atoms with Gasteiger partial charge in [0.1, 0.15) is 24.0 Å². The van der Waals surface area contributed by atoms with Gasteiger partial charge in [-0.2, -0.15) is 5.10 Å². The Bertz CT molecular complexity index is 1070. The first-order valence-electron chi connectivity index (χ1n) is 10.2. The number of aromatic nitrogens is 3. The Labute approximate surface area is 183 Å². The largest absolute Gasteiger partial charge is 0.443 e. The number of aryl methyl sites for hydroxylation is 1. The number of amides is 1. The number of nitrogens with zero attached hydrogens (tertiary/aromatic N) is 4.